The summed E-state index contributed by atoms with van der Waals surface area (Å²) >= 11 is 0. The maximum atomic E-state index is 11.1. The van der Waals surface area contributed by atoms with Gasteiger partial charge in [-0.25, -0.2) is 0 Å². The second-order valence-corrected chi connectivity index (χ2v) is 5.48. The van der Waals surface area contributed by atoms with Crippen molar-refractivity contribution in [3.8, 4) is 5.75 Å². The third-order valence-electron chi connectivity index (χ3n) is 3.41. The highest BCUT2D eigenvalue weighted by Gasteiger charge is 2.24. The van der Waals surface area contributed by atoms with Crippen molar-refractivity contribution in [3.05, 3.63) is 29.8 Å². The molecular formula is C16H26N2O2. The summed E-state index contributed by atoms with van der Waals surface area (Å²) in [6, 6.07) is 8.17. The average molecular weight is 278 g/mol. The molecule has 1 aromatic rings. The van der Waals surface area contributed by atoms with Crippen molar-refractivity contribution in [1.29, 1.82) is 0 Å². The van der Waals surface area contributed by atoms with Gasteiger partial charge in [0.1, 0.15) is 5.75 Å². The van der Waals surface area contributed by atoms with Gasteiger partial charge in [0.2, 0.25) is 5.91 Å². The standard InChI is InChI=1S/C16H26N2O2/c1-3-4-6-13-7-9-14(10-8-13)20-12-5-11-16(2,18)15(17)19/h7-10H,3-6,11-12,18H2,1-2H3,(H2,17,19). The van der Waals surface area contributed by atoms with E-state index in [0.29, 0.717) is 19.4 Å². The molecule has 0 aliphatic rings. The molecule has 1 aromatic carbocycles. The van der Waals surface area contributed by atoms with E-state index in [1.807, 2.05) is 12.1 Å². The Balaban J connectivity index is 2.30. The lowest BCUT2D eigenvalue weighted by atomic mass is 9.97. The summed E-state index contributed by atoms with van der Waals surface area (Å²) < 4.78 is 5.63. The number of nitrogens with two attached hydrogens (primary N) is 2. The van der Waals surface area contributed by atoms with Crippen molar-refractivity contribution in [2.24, 2.45) is 11.5 Å². The lowest BCUT2D eigenvalue weighted by Gasteiger charge is -2.20. The first kappa shape index (κ1) is 16.5. The molecule has 0 saturated heterocycles. The maximum Gasteiger partial charge on any atom is 0.237 e. The number of amides is 1. The molecule has 0 aliphatic carbocycles. The Morgan fingerprint density at radius 3 is 2.45 bits per heavy atom. The summed E-state index contributed by atoms with van der Waals surface area (Å²) in [6.07, 6.45) is 4.75. The Morgan fingerprint density at radius 2 is 1.90 bits per heavy atom. The molecule has 4 nitrogen and oxygen atoms in total. The maximum absolute atomic E-state index is 11.1. The quantitative estimate of drug-likeness (QED) is 0.681. The number of hydrogen-bond acceptors (Lipinski definition) is 3. The minimum absolute atomic E-state index is 0.474. The van der Waals surface area contributed by atoms with Gasteiger partial charge in [0.25, 0.3) is 0 Å². The van der Waals surface area contributed by atoms with Crippen molar-refractivity contribution < 1.29 is 9.53 Å². The van der Waals surface area contributed by atoms with Crippen LogP contribution in [-0.4, -0.2) is 18.1 Å². The molecule has 0 radical (unpaired) electrons. The molecule has 0 aliphatic heterocycles. The Kier molecular flexibility index (Phi) is 6.52. The minimum atomic E-state index is -0.951. The van der Waals surface area contributed by atoms with Crippen molar-refractivity contribution >= 4 is 5.91 Å². The van der Waals surface area contributed by atoms with Gasteiger partial charge in [-0.2, -0.15) is 0 Å². The van der Waals surface area contributed by atoms with E-state index in [0.717, 1.165) is 12.2 Å². The Labute approximate surface area is 121 Å². The molecule has 1 atom stereocenters. The first-order valence-electron chi connectivity index (χ1n) is 7.26. The van der Waals surface area contributed by atoms with Gasteiger partial charge in [-0.15, -0.1) is 0 Å². The molecule has 4 N–H and O–H groups in total. The summed E-state index contributed by atoms with van der Waals surface area (Å²) in [7, 11) is 0. The van der Waals surface area contributed by atoms with E-state index in [9.17, 15) is 4.79 Å². The van der Waals surface area contributed by atoms with E-state index >= 15 is 0 Å². The number of unbranched alkanes of at least 4 members (excludes halogenated alkanes) is 1. The molecule has 20 heavy (non-hydrogen) atoms. The normalized spacial score (nSPS) is 13.8. The van der Waals surface area contributed by atoms with Crippen molar-refractivity contribution in [3.63, 3.8) is 0 Å². The SMILES string of the molecule is CCCCc1ccc(OCCCC(C)(N)C(N)=O)cc1. The van der Waals surface area contributed by atoms with Crippen LogP contribution >= 0.6 is 0 Å². The Morgan fingerprint density at radius 1 is 1.25 bits per heavy atom. The number of benzene rings is 1. The molecule has 1 rings (SSSR count). The fraction of sp³-hybridized carbons (Fsp3) is 0.562. The fourth-order valence-corrected chi connectivity index (χ4v) is 1.89. The zero-order valence-corrected chi connectivity index (χ0v) is 12.5. The molecule has 1 unspecified atom stereocenters. The lowest BCUT2D eigenvalue weighted by Crippen LogP contribution is -2.49. The van der Waals surface area contributed by atoms with Gasteiger partial charge < -0.3 is 16.2 Å². The summed E-state index contributed by atoms with van der Waals surface area (Å²) in [5.41, 5.74) is 11.4. The number of hydrogen-bond donors (Lipinski definition) is 2. The van der Waals surface area contributed by atoms with Gasteiger partial charge in [-0.05, 0) is 50.3 Å². The van der Waals surface area contributed by atoms with Crippen LogP contribution in [0.5, 0.6) is 5.75 Å². The van der Waals surface area contributed by atoms with Crippen LogP contribution in [0.4, 0.5) is 0 Å². The molecule has 112 valence electrons. The first-order valence-corrected chi connectivity index (χ1v) is 7.26. The second-order valence-electron chi connectivity index (χ2n) is 5.48. The molecule has 0 fully saturated rings. The highest BCUT2D eigenvalue weighted by Crippen LogP contribution is 2.15. The van der Waals surface area contributed by atoms with Crippen molar-refractivity contribution in [2.75, 3.05) is 6.61 Å². The number of carbonyl (C=O) groups excluding carboxylic acids is 1. The lowest BCUT2D eigenvalue weighted by molar-refractivity contribution is -0.122. The average Bonchev–Trinajstić information content (AvgIpc) is 2.42. The first-order chi connectivity index (χ1) is 9.45. The summed E-state index contributed by atoms with van der Waals surface area (Å²) in [5.74, 6) is 0.376. The van der Waals surface area contributed by atoms with Crippen LogP contribution in [0.3, 0.4) is 0 Å². The van der Waals surface area contributed by atoms with E-state index in [1.54, 1.807) is 6.92 Å². The van der Waals surface area contributed by atoms with E-state index in [-0.39, 0.29) is 0 Å². The van der Waals surface area contributed by atoms with E-state index < -0.39 is 11.4 Å². The summed E-state index contributed by atoms with van der Waals surface area (Å²) in [4.78, 5) is 11.1. The summed E-state index contributed by atoms with van der Waals surface area (Å²) in [5, 5.41) is 0. The smallest absolute Gasteiger partial charge is 0.237 e. The number of carbonyl (C=O) groups is 1. The molecule has 0 spiro atoms. The molecule has 0 saturated carbocycles. The van der Waals surface area contributed by atoms with Gasteiger partial charge >= 0.3 is 0 Å². The van der Waals surface area contributed by atoms with Gasteiger partial charge in [-0.3, -0.25) is 4.79 Å². The topological polar surface area (TPSA) is 78.3 Å². The van der Waals surface area contributed by atoms with E-state index in [2.05, 4.69) is 19.1 Å². The highest BCUT2D eigenvalue weighted by atomic mass is 16.5. The minimum Gasteiger partial charge on any atom is -0.494 e. The fourth-order valence-electron chi connectivity index (χ4n) is 1.89. The number of ether oxygens (including phenoxy) is 1. The number of aryl methyl sites for hydroxylation is 1. The van der Waals surface area contributed by atoms with Crippen LogP contribution in [0.15, 0.2) is 24.3 Å². The Bertz CT molecular complexity index is 413. The predicted molar refractivity (Wildman–Crippen MR) is 81.6 cm³/mol. The van der Waals surface area contributed by atoms with E-state index in [1.165, 1.54) is 18.4 Å². The predicted octanol–water partition coefficient (Wildman–Crippen LogP) is 2.39. The van der Waals surface area contributed by atoms with Crippen LogP contribution in [0.2, 0.25) is 0 Å². The molecule has 1 amide bonds. The molecule has 0 bridgehead atoms. The third kappa shape index (κ3) is 5.61. The van der Waals surface area contributed by atoms with Crippen LogP contribution in [-0.2, 0) is 11.2 Å². The number of rotatable bonds is 9. The van der Waals surface area contributed by atoms with Crippen LogP contribution in [0, 0.1) is 0 Å². The third-order valence-corrected chi connectivity index (χ3v) is 3.41. The zero-order chi connectivity index (χ0) is 15.0. The number of primary amides is 1. The van der Waals surface area contributed by atoms with Gasteiger partial charge in [0.05, 0.1) is 12.1 Å². The highest BCUT2D eigenvalue weighted by molar-refractivity contribution is 5.83. The molecule has 0 heterocycles. The van der Waals surface area contributed by atoms with Gasteiger partial charge in [-0.1, -0.05) is 25.5 Å². The van der Waals surface area contributed by atoms with Crippen molar-refractivity contribution in [1.82, 2.24) is 0 Å². The monoisotopic (exact) mass is 278 g/mol. The largest absolute Gasteiger partial charge is 0.494 e. The zero-order valence-electron chi connectivity index (χ0n) is 12.5. The van der Waals surface area contributed by atoms with Crippen molar-refractivity contribution in [2.45, 2.75) is 51.5 Å². The molecule has 4 heteroatoms. The Hall–Kier alpha value is -1.55. The van der Waals surface area contributed by atoms with Gasteiger partial charge in [0, 0.05) is 0 Å². The van der Waals surface area contributed by atoms with Crippen LogP contribution in [0.25, 0.3) is 0 Å². The second kappa shape index (κ2) is 7.90. The molecular weight excluding hydrogens is 252 g/mol. The van der Waals surface area contributed by atoms with Crippen LogP contribution < -0.4 is 16.2 Å². The van der Waals surface area contributed by atoms with Gasteiger partial charge in [0.15, 0.2) is 0 Å². The van der Waals surface area contributed by atoms with E-state index in [4.69, 9.17) is 16.2 Å². The van der Waals surface area contributed by atoms with Crippen LogP contribution in [0.1, 0.15) is 45.1 Å². The molecule has 0 aromatic heterocycles. The summed E-state index contributed by atoms with van der Waals surface area (Å²) in [6.45, 7) is 4.38.